The monoisotopic (exact) mass is 327 g/mol. The van der Waals surface area contributed by atoms with Gasteiger partial charge in [-0.1, -0.05) is 17.7 Å². The predicted molar refractivity (Wildman–Crippen MR) is 90.6 cm³/mol. The Morgan fingerprint density at radius 2 is 2.12 bits per heavy atom. The van der Waals surface area contributed by atoms with Crippen molar-refractivity contribution in [3.8, 4) is 0 Å². The van der Waals surface area contributed by atoms with Crippen molar-refractivity contribution in [3.63, 3.8) is 0 Å². The minimum absolute atomic E-state index is 0.0981. The Bertz CT molecular complexity index is 805. The summed E-state index contributed by atoms with van der Waals surface area (Å²) < 4.78 is 5.17. The van der Waals surface area contributed by atoms with Crippen LogP contribution in [-0.4, -0.2) is 47.5 Å². The Morgan fingerprint density at radius 3 is 2.83 bits per heavy atom. The third kappa shape index (κ3) is 2.63. The number of pyridine rings is 1. The molecule has 1 aromatic heterocycles. The summed E-state index contributed by atoms with van der Waals surface area (Å²) in [7, 11) is 1.50. The van der Waals surface area contributed by atoms with Crippen LogP contribution in [0.15, 0.2) is 30.3 Å². The molecule has 1 aromatic carbocycles. The first-order valence-corrected chi connectivity index (χ1v) is 7.96. The predicted octanol–water partition coefficient (Wildman–Crippen LogP) is 1.65. The van der Waals surface area contributed by atoms with E-state index < -0.39 is 11.4 Å². The van der Waals surface area contributed by atoms with E-state index in [1.165, 1.54) is 12.0 Å². The molecule has 0 spiro atoms. The Morgan fingerprint density at radius 1 is 1.33 bits per heavy atom. The highest BCUT2D eigenvalue weighted by Crippen LogP contribution is 2.31. The Kier molecular flexibility index (Phi) is 4.24. The Hall–Kier alpha value is -2.47. The average Bonchev–Trinajstić information content (AvgIpc) is 2.99. The first-order valence-electron chi connectivity index (χ1n) is 7.96. The molecule has 1 aliphatic rings. The summed E-state index contributed by atoms with van der Waals surface area (Å²) in [5.74, 6) is -0.822. The van der Waals surface area contributed by atoms with Crippen LogP contribution in [0.3, 0.4) is 0 Å². The maximum absolute atomic E-state index is 13.0. The first-order chi connectivity index (χ1) is 11.5. The number of aromatic nitrogens is 1. The molecule has 2 heterocycles. The van der Waals surface area contributed by atoms with Crippen LogP contribution in [-0.2, 0) is 9.53 Å². The molecule has 0 aliphatic carbocycles. The number of benzene rings is 1. The van der Waals surface area contributed by atoms with Crippen molar-refractivity contribution in [1.29, 1.82) is 0 Å². The van der Waals surface area contributed by atoms with E-state index in [1.807, 2.05) is 31.2 Å². The van der Waals surface area contributed by atoms with Gasteiger partial charge in [-0.15, -0.1) is 0 Å². The molecular weight excluding hydrogens is 306 g/mol. The molecule has 0 bridgehead atoms. The lowest BCUT2D eigenvalue weighted by molar-refractivity contribution is -0.130. The average molecular weight is 327 g/mol. The van der Waals surface area contributed by atoms with Crippen molar-refractivity contribution in [2.75, 3.05) is 20.3 Å². The minimum atomic E-state index is -1.09. The number of likely N-dealkylation sites (tertiary alicyclic amines) is 1. The van der Waals surface area contributed by atoms with Gasteiger partial charge in [0.2, 0.25) is 5.91 Å². The molecule has 126 valence electrons. The number of nitrogens with zero attached hydrogens (tertiary/aromatic N) is 2. The number of carbonyl (C=O) groups is 2. The molecule has 2 amide bonds. The van der Waals surface area contributed by atoms with Crippen LogP contribution >= 0.6 is 0 Å². The summed E-state index contributed by atoms with van der Waals surface area (Å²) in [5, 5.41) is 0.978. The second-order valence-electron chi connectivity index (χ2n) is 6.28. The quantitative estimate of drug-likeness (QED) is 0.925. The molecule has 6 nitrogen and oxygen atoms in total. The largest absolute Gasteiger partial charge is 0.382 e. The van der Waals surface area contributed by atoms with E-state index in [4.69, 9.17) is 10.5 Å². The zero-order chi connectivity index (χ0) is 17.3. The Balaban J connectivity index is 1.98. The van der Waals surface area contributed by atoms with E-state index in [1.54, 1.807) is 6.07 Å². The van der Waals surface area contributed by atoms with E-state index in [-0.39, 0.29) is 12.5 Å². The van der Waals surface area contributed by atoms with E-state index in [0.717, 1.165) is 16.5 Å². The summed E-state index contributed by atoms with van der Waals surface area (Å²) in [6, 6.07) is 9.44. The SMILES string of the molecule is COCC1(C(N)=O)CCCN1C(=O)c1ccc2cc(C)ccc2n1. The number of carbonyl (C=O) groups excluding carboxylic acids is 2. The fraction of sp³-hybridized carbons (Fsp3) is 0.389. The van der Waals surface area contributed by atoms with Crippen molar-refractivity contribution in [2.45, 2.75) is 25.3 Å². The molecular formula is C18H21N3O3. The highest BCUT2D eigenvalue weighted by molar-refractivity contribution is 5.99. The highest BCUT2D eigenvalue weighted by atomic mass is 16.5. The summed E-state index contributed by atoms with van der Waals surface area (Å²) in [4.78, 5) is 31.0. The normalized spacial score (nSPS) is 20.5. The molecule has 1 saturated heterocycles. The van der Waals surface area contributed by atoms with Crippen LogP contribution in [0.5, 0.6) is 0 Å². The summed E-state index contributed by atoms with van der Waals surface area (Å²) in [6.07, 6.45) is 1.22. The number of fused-ring (bicyclic) bond motifs is 1. The van der Waals surface area contributed by atoms with Gasteiger partial charge in [0.15, 0.2) is 0 Å². The number of hydrogen-bond acceptors (Lipinski definition) is 4. The maximum Gasteiger partial charge on any atom is 0.273 e. The first kappa shape index (κ1) is 16.4. The van der Waals surface area contributed by atoms with Gasteiger partial charge in [0.1, 0.15) is 11.2 Å². The Labute approximate surface area is 140 Å². The van der Waals surface area contributed by atoms with Gasteiger partial charge in [-0.25, -0.2) is 4.98 Å². The number of aryl methyl sites for hydroxylation is 1. The second kappa shape index (κ2) is 6.20. The van der Waals surface area contributed by atoms with Crippen LogP contribution in [0, 0.1) is 6.92 Å². The third-order valence-electron chi connectivity index (χ3n) is 4.64. The van der Waals surface area contributed by atoms with Crippen molar-refractivity contribution in [2.24, 2.45) is 5.73 Å². The van der Waals surface area contributed by atoms with Gasteiger partial charge in [-0.3, -0.25) is 9.59 Å². The second-order valence-corrected chi connectivity index (χ2v) is 6.28. The van der Waals surface area contributed by atoms with E-state index >= 15 is 0 Å². The number of nitrogens with two attached hydrogens (primary N) is 1. The molecule has 1 fully saturated rings. The van der Waals surface area contributed by atoms with Crippen LogP contribution in [0.25, 0.3) is 10.9 Å². The molecule has 2 aromatic rings. The van der Waals surface area contributed by atoms with Crippen LogP contribution in [0.2, 0.25) is 0 Å². The van der Waals surface area contributed by atoms with Gasteiger partial charge < -0.3 is 15.4 Å². The van der Waals surface area contributed by atoms with Crippen molar-refractivity contribution in [1.82, 2.24) is 9.88 Å². The standard InChI is InChI=1S/C18H21N3O3/c1-12-4-6-14-13(10-12)5-7-15(20-14)16(22)21-9-3-8-18(21,11-24-2)17(19)23/h4-7,10H,3,8-9,11H2,1-2H3,(H2,19,23). The minimum Gasteiger partial charge on any atom is -0.382 e. The number of primary amides is 1. The van der Waals surface area contributed by atoms with Crippen molar-refractivity contribution >= 4 is 22.7 Å². The lowest BCUT2D eigenvalue weighted by Gasteiger charge is -2.34. The summed E-state index contributed by atoms with van der Waals surface area (Å²) in [6.45, 7) is 2.58. The topological polar surface area (TPSA) is 85.5 Å². The van der Waals surface area contributed by atoms with Gasteiger partial charge in [0.05, 0.1) is 12.1 Å². The van der Waals surface area contributed by atoms with Crippen molar-refractivity contribution < 1.29 is 14.3 Å². The third-order valence-corrected chi connectivity index (χ3v) is 4.64. The van der Waals surface area contributed by atoms with Gasteiger partial charge in [-0.05, 0) is 38.0 Å². The molecule has 1 atom stereocenters. The van der Waals surface area contributed by atoms with Crippen LogP contribution < -0.4 is 5.73 Å². The molecule has 1 aliphatic heterocycles. The van der Waals surface area contributed by atoms with Crippen LogP contribution in [0.4, 0.5) is 0 Å². The van der Waals surface area contributed by atoms with Gasteiger partial charge in [0, 0.05) is 19.0 Å². The van der Waals surface area contributed by atoms with E-state index in [0.29, 0.717) is 25.1 Å². The number of ether oxygens (including phenoxy) is 1. The molecule has 6 heteroatoms. The molecule has 24 heavy (non-hydrogen) atoms. The maximum atomic E-state index is 13.0. The fourth-order valence-corrected chi connectivity index (χ4v) is 3.39. The van der Waals surface area contributed by atoms with E-state index in [9.17, 15) is 9.59 Å². The number of hydrogen-bond donors (Lipinski definition) is 1. The zero-order valence-electron chi connectivity index (χ0n) is 13.9. The molecule has 2 N–H and O–H groups in total. The summed E-state index contributed by atoms with van der Waals surface area (Å²) >= 11 is 0. The van der Waals surface area contributed by atoms with Gasteiger partial charge >= 0.3 is 0 Å². The summed E-state index contributed by atoms with van der Waals surface area (Å²) in [5.41, 5.74) is 6.71. The lowest BCUT2D eigenvalue weighted by Crippen LogP contribution is -2.58. The van der Waals surface area contributed by atoms with E-state index in [2.05, 4.69) is 4.98 Å². The molecule has 3 rings (SSSR count). The van der Waals surface area contributed by atoms with Gasteiger partial charge in [0.25, 0.3) is 5.91 Å². The lowest BCUT2D eigenvalue weighted by atomic mass is 9.96. The van der Waals surface area contributed by atoms with Crippen molar-refractivity contribution in [3.05, 3.63) is 41.6 Å². The highest BCUT2D eigenvalue weighted by Gasteiger charge is 2.49. The van der Waals surface area contributed by atoms with Crippen LogP contribution in [0.1, 0.15) is 28.9 Å². The fourth-order valence-electron chi connectivity index (χ4n) is 3.39. The molecule has 0 radical (unpaired) electrons. The zero-order valence-corrected chi connectivity index (χ0v) is 13.9. The number of rotatable bonds is 4. The molecule has 0 saturated carbocycles. The number of amides is 2. The smallest absolute Gasteiger partial charge is 0.273 e. The molecule has 1 unspecified atom stereocenters. The van der Waals surface area contributed by atoms with Gasteiger partial charge in [-0.2, -0.15) is 0 Å². The number of methoxy groups -OCH3 is 1.